The van der Waals surface area contributed by atoms with E-state index in [-0.39, 0.29) is 0 Å². The maximum absolute atomic E-state index is 12.2. The predicted molar refractivity (Wildman–Crippen MR) is 88.2 cm³/mol. The Morgan fingerprint density at radius 1 is 1.26 bits per heavy atom. The molecule has 0 radical (unpaired) electrons. The van der Waals surface area contributed by atoms with Crippen LogP contribution in [0.4, 0.5) is 0 Å². The highest BCUT2D eigenvalue weighted by Gasteiger charge is 2.17. The summed E-state index contributed by atoms with van der Waals surface area (Å²) in [5, 5.41) is 0. The molecule has 23 heavy (non-hydrogen) atoms. The molecule has 2 N–H and O–H groups in total. The number of quaternary nitrogens is 1. The van der Waals surface area contributed by atoms with Crippen LogP contribution in [0.5, 0.6) is 0 Å². The third-order valence-electron chi connectivity index (χ3n) is 4.60. The lowest BCUT2D eigenvalue weighted by Crippen LogP contribution is -3.11. The molecule has 3 aromatic heterocycles. The van der Waals surface area contributed by atoms with E-state index in [2.05, 4.69) is 28.4 Å². The molecule has 0 unspecified atom stereocenters. The molecule has 3 heterocycles. The van der Waals surface area contributed by atoms with E-state index < -0.39 is 11.2 Å². The standard InChI is InChI=1S/C15H22N6O2/c1-5-19(6-2)7-8-20-10(3)9-21-11-12(16-14(20)21)18(4)15(23)17-13(11)22/h9H,5-8H2,1-4H3,(H,17,22,23)/p+1. The van der Waals surface area contributed by atoms with Gasteiger partial charge in [-0.15, -0.1) is 0 Å². The van der Waals surface area contributed by atoms with E-state index in [1.54, 1.807) is 11.4 Å². The Morgan fingerprint density at radius 2 is 1.96 bits per heavy atom. The minimum Gasteiger partial charge on any atom is -0.334 e. The maximum atomic E-state index is 12.2. The molecule has 0 saturated carbocycles. The molecular formula is C15H23N6O2+. The molecule has 0 amide bonds. The summed E-state index contributed by atoms with van der Waals surface area (Å²) in [6.07, 6.45) is 1.90. The molecule has 0 aliphatic heterocycles. The average molecular weight is 319 g/mol. The molecule has 8 heteroatoms. The highest BCUT2D eigenvalue weighted by molar-refractivity contribution is 5.75. The molecule has 0 saturated heterocycles. The molecule has 3 rings (SSSR count). The highest BCUT2D eigenvalue weighted by Crippen LogP contribution is 2.15. The third-order valence-corrected chi connectivity index (χ3v) is 4.60. The van der Waals surface area contributed by atoms with Crippen molar-refractivity contribution in [3.63, 3.8) is 0 Å². The second kappa shape index (κ2) is 5.69. The Labute approximate surface area is 133 Å². The fraction of sp³-hybridized carbons (Fsp3) is 0.533. The van der Waals surface area contributed by atoms with Crippen LogP contribution in [-0.4, -0.2) is 43.1 Å². The molecule has 0 bridgehead atoms. The van der Waals surface area contributed by atoms with Crippen molar-refractivity contribution in [2.24, 2.45) is 7.05 Å². The number of nitrogens with zero attached hydrogens (tertiary/aromatic N) is 4. The fourth-order valence-corrected chi connectivity index (χ4v) is 3.07. The van der Waals surface area contributed by atoms with Gasteiger partial charge in [-0.25, -0.2) is 4.79 Å². The van der Waals surface area contributed by atoms with E-state index in [4.69, 9.17) is 0 Å². The Hall–Kier alpha value is -2.35. The van der Waals surface area contributed by atoms with Gasteiger partial charge in [-0.1, -0.05) is 0 Å². The van der Waals surface area contributed by atoms with Gasteiger partial charge in [-0.05, 0) is 20.8 Å². The molecule has 0 aromatic carbocycles. The van der Waals surface area contributed by atoms with Crippen molar-refractivity contribution in [2.45, 2.75) is 27.3 Å². The molecular weight excluding hydrogens is 296 g/mol. The first-order valence-electron chi connectivity index (χ1n) is 7.98. The number of nitrogens with one attached hydrogen (secondary N) is 2. The van der Waals surface area contributed by atoms with Crippen LogP contribution in [0.25, 0.3) is 16.9 Å². The summed E-state index contributed by atoms with van der Waals surface area (Å²) in [6.45, 7) is 10.3. The summed E-state index contributed by atoms with van der Waals surface area (Å²) in [5.74, 6) is 0.704. The summed E-state index contributed by atoms with van der Waals surface area (Å²) < 4.78 is 5.26. The van der Waals surface area contributed by atoms with Crippen LogP contribution >= 0.6 is 0 Å². The number of fused-ring (bicyclic) bond motifs is 3. The molecule has 0 atom stereocenters. The summed E-state index contributed by atoms with van der Waals surface area (Å²) in [5.41, 5.74) is 1.03. The molecule has 8 nitrogen and oxygen atoms in total. The minimum absolute atomic E-state index is 0.401. The van der Waals surface area contributed by atoms with Gasteiger partial charge < -0.3 is 9.47 Å². The Bertz CT molecular complexity index is 970. The Morgan fingerprint density at radius 3 is 2.61 bits per heavy atom. The van der Waals surface area contributed by atoms with Gasteiger partial charge in [0.1, 0.15) is 0 Å². The fourth-order valence-electron chi connectivity index (χ4n) is 3.07. The number of aryl methyl sites for hydroxylation is 2. The van der Waals surface area contributed by atoms with Gasteiger partial charge in [0.25, 0.3) is 5.56 Å². The number of rotatable bonds is 5. The van der Waals surface area contributed by atoms with Gasteiger partial charge in [0.2, 0.25) is 5.78 Å². The summed E-state index contributed by atoms with van der Waals surface area (Å²) in [6, 6.07) is 0. The van der Waals surface area contributed by atoms with E-state index in [9.17, 15) is 9.59 Å². The number of aromatic nitrogens is 5. The highest BCUT2D eigenvalue weighted by atomic mass is 16.2. The zero-order valence-electron chi connectivity index (χ0n) is 14.0. The van der Waals surface area contributed by atoms with Crippen molar-refractivity contribution < 1.29 is 4.90 Å². The van der Waals surface area contributed by atoms with Crippen molar-refractivity contribution in [3.05, 3.63) is 32.7 Å². The number of hydrogen-bond acceptors (Lipinski definition) is 3. The molecule has 124 valence electrons. The van der Waals surface area contributed by atoms with Crippen molar-refractivity contribution in [3.8, 4) is 0 Å². The molecule has 0 aliphatic rings. The quantitative estimate of drug-likeness (QED) is 0.627. The van der Waals surface area contributed by atoms with E-state index in [0.717, 1.165) is 31.9 Å². The number of likely N-dealkylation sites (N-methyl/N-ethyl adjacent to an activating group) is 1. The summed E-state index contributed by atoms with van der Waals surface area (Å²) in [7, 11) is 1.62. The number of aromatic amines is 1. The van der Waals surface area contributed by atoms with Crippen LogP contribution in [-0.2, 0) is 13.6 Å². The van der Waals surface area contributed by atoms with Gasteiger partial charge in [0.05, 0.1) is 26.2 Å². The van der Waals surface area contributed by atoms with Gasteiger partial charge in [-0.3, -0.25) is 18.7 Å². The van der Waals surface area contributed by atoms with Crippen LogP contribution in [0.2, 0.25) is 0 Å². The summed E-state index contributed by atoms with van der Waals surface area (Å²) in [4.78, 5) is 32.3. The van der Waals surface area contributed by atoms with E-state index in [1.165, 1.54) is 9.47 Å². The first-order chi connectivity index (χ1) is 11.0. The van der Waals surface area contributed by atoms with Crippen LogP contribution in [0.15, 0.2) is 15.8 Å². The molecule has 0 fully saturated rings. The molecule has 0 spiro atoms. The zero-order valence-corrected chi connectivity index (χ0v) is 14.0. The third kappa shape index (κ3) is 2.39. The second-order valence-corrected chi connectivity index (χ2v) is 5.90. The Balaban J connectivity index is 2.17. The van der Waals surface area contributed by atoms with Crippen molar-refractivity contribution in [1.82, 2.24) is 23.5 Å². The first kappa shape index (κ1) is 15.5. The lowest BCUT2D eigenvalue weighted by molar-refractivity contribution is -0.897. The van der Waals surface area contributed by atoms with Gasteiger partial charge in [0, 0.05) is 18.9 Å². The normalized spacial score (nSPS) is 12.0. The van der Waals surface area contributed by atoms with Gasteiger partial charge in [-0.2, -0.15) is 4.98 Å². The van der Waals surface area contributed by atoms with Crippen molar-refractivity contribution in [1.29, 1.82) is 0 Å². The Kier molecular flexibility index (Phi) is 3.85. The van der Waals surface area contributed by atoms with E-state index >= 15 is 0 Å². The van der Waals surface area contributed by atoms with Crippen LogP contribution in [0, 0.1) is 6.92 Å². The number of H-pyrrole nitrogens is 1. The zero-order chi connectivity index (χ0) is 16.7. The first-order valence-corrected chi connectivity index (χ1v) is 7.98. The van der Waals surface area contributed by atoms with Crippen LogP contribution in [0.1, 0.15) is 19.5 Å². The lowest BCUT2D eigenvalue weighted by atomic mass is 10.4. The number of imidazole rings is 2. The number of hydrogen-bond donors (Lipinski definition) is 2. The largest absolute Gasteiger partial charge is 0.334 e. The molecule has 0 aliphatic carbocycles. The topological polar surface area (TPSA) is 81.5 Å². The van der Waals surface area contributed by atoms with Gasteiger partial charge in [0.15, 0.2) is 11.2 Å². The van der Waals surface area contributed by atoms with Crippen LogP contribution in [0.3, 0.4) is 0 Å². The SMILES string of the molecule is CC[NH+](CC)CCn1c(C)cn2c3c(=O)[nH]c(=O)n(C)c3nc12. The maximum Gasteiger partial charge on any atom is 0.329 e. The smallest absolute Gasteiger partial charge is 0.329 e. The monoisotopic (exact) mass is 319 g/mol. The van der Waals surface area contributed by atoms with Gasteiger partial charge >= 0.3 is 5.69 Å². The van der Waals surface area contributed by atoms with E-state index in [0.29, 0.717) is 16.9 Å². The lowest BCUT2D eigenvalue weighted by Gasteiger charge is -2.16. The molecule has 3 aromatic rings. The van der Waals surface area contributed by atoms with E-state index in [1.807, 2.05) is 13.1 Å². The second-order valence-electron chi connectivity index (χ2n) is 5.90. The summed E-state index contributed by atoms with van der Waals surface area (Å²) >= 11 is 0. The minimum atomic E-state index is -0.445. The predicted octanol–water partition coefficient (Wildman–Crippen LogP) is -1.09. The van der Waals surface area contributed by atoms with Crippen molar-refractivity contribution in [2.75, 3.05) is 19.6 Å². The average Bonchev–Trinajstić information content (AvgIpc) is 3.02. The van der Waals surface area contributed by atoms with Crippen molar-refractivity contribution >= 4 is 16.9 Å². The van der Waals surface area contributed by atoms with Crippen LogP contribution < -0.4 is 16.1 Å².